The predicted octanol–water partition coefficient (Wildman–Crippen LogP) is 3.22. The van der Waals surface area contributed by atoms with E-state index in [-0.39, 0.29) is 5.97 Å². The number of aromatic nitrogens is 1. The van der Waals surface area contributed by atoms with Crippen LogP contribution in [0.1, 0.15) is 55.0 Å². The third-order valence-corrected chi connectivity index (χ3v) is 3.35. The molecular weight excluding hydrogens is 210 g/mol. The van der Waals surface area contributed by atoms with Gasteiger partial charge in [-0.25, -0.2) is 9.78 Å². The van der Waals surface area contributed by atoms with Crippen LogP contribution in [0.5, 0.6) is 0 Å². The summed E-state index contributed by atoms with van der Waals surface area (Å²) >= 11 is 1.55. The van der Waals surface area contributed by atoms with Gasteiger partial charge in [0, 0.05) is 11.3 Å². The average Bonchev–Trinajstić information content (AvgIpc) is 2.69. The first-order chi connectivity index (χ1) is 7.22. The van der Waals surface area contributed by atoms with Crippen molar-refractivity contribution in [2.75, 3.05) is 6.61 Å². The number of ether oxygens (including phenoxy) is 1. The Hall–Kier alpha value is -0.900. The van der Waals surface area contributed by atoms with Crippen LogP contribution in [-0.4, -0.2) is 17.6 Å². The van der Waals surface area contributed by atoms with Crippen LogP contribution in [0.4, 0.5) is 0 Å². The summed E-state index contributed by atoms with van der Waals surface area (Å²) in [5.41, 5.74) is 0.448. The lowest BCUT2D eigenvalue weighted by molar-refractivity contribution is 0.0520. The molecule has 0 saturated carbocycles. The summed E-state index contributed by atoms with van der Waals surface area (Å²) in [5, 5.41) is 2.83. The lowest BCUT2D eigenvalue weighted by Crippen LogP contribution is -2.05. The van der Waals surface area contributed by atoms with E-state index in [1.165, 1.54) is 0 Å². The molecule has 1 rings (SSSR count). The molecule has 0 amide bonds. The van der Waals surface area contributed by atoms with Crippen LogP contribution in [0.15, 0.2) is 5.38 Å². The fraction of sp³-hybridized carbons (Fsp3) is 0.636. The highest BCUT2D eigenvalue weighted by Gasteiger charge is 2.15. The Labute approximate surface area is 94.5 Å². The Bertz CT molecular complexity index is 318. The van der Waals surface area contributed by atoms with Crippen molar-refractivity contribution in [2.24, 2.45) is 0 Å². The zero-order valence-corrected chi connectivity index (χ0v) is 10.3. The third-order valence-electron chi connectivity index (χ3n) is 2.34. The molecule has 0 fully saturated rings. The highest BCUT2D eigenvalue weighted by Crippen LogP contribution is 2.26. The summed E-state index contributed by atoms with van der Waals surface area (Å²) in [6, 6.07) is 0. The standard InChI is InChI=1S/C11H17NO2S/c1-4-8(5-2)10-12-9(7-15-10)11(13)14-6-3/h7-8H,4-6H2,1-3H3. The van der Waals surface area contributed by atoms with Gasteiger partial charge in [-0.05, 0) is 19.8 Å². The van der Waals surface area contributed by atoms with Crippen LogP contribution < -0.4 is 0 Å². The van der Waals surface area contributed by atoms with E-state index in [1.807, 2.05) is 0 Å². The van der Waals surface area contributed by atoms with Crippen molar-refractivity contribution in [3.05, 3.63) is 16.1 Å². The van der Waals surface area contributed by atoms with Gasteiger partial charge in [0.15, 0.2) is 5.69 Å². The number of carbonyl (C=O) groups excluding carboxylic acids is 1. The average molecular weight is 227 g/mol. The van der Waals surface area contributed by atoms with E-state index in [4.69, 9.17) is 4.74 Å². The van der Waals surface area contributed by atoms with E-state index >= 15 is 0 Å². The summed E-state index contributed by atoms with van der Waals surface area (Å²) < 4.78 is 4.89. The fourth-order valence-electron chi connectivity index (χ4n) is 1.41. The van der Waals surface area contributed by atoms with Crippen LogP contribution in [0.3, 0.4) is 0 Å². The number of hydrogen-bond donors (Lipinski definition) is 0. The minimum absolute atomic E-state index is 0.314. The molecule has 0 bridgehead atoms. The molecule has 1 aromatic rings. The van der Waals surface area contributed by atoms with Crippen LogP contribution >= 0.6 is 11.3 Å². The number of thiazole rings is 1. The molecule has 4 heteroatoms. The SMILES string of the molecule is CCOC(=O)c1csc(C(CC)CC)n1. The highest BCUT2D eigenvalue weighted by atomic mass is 32.1. The largest absolute Gasteiger partial charge is 0.461 e. The zero-order chi connectivity index (χ0) is 11.3. The molecule has 0 N–H and O–H groups in total. The molecule has 3 nitrogen and oxygen atoms in total. The minimum atomic E-state index is -0.314. The maximum absolute atomic E-state index is 11.4. The zero-order valence-electron chi connectivity index (χ0n) is 9.45. The fourth-order valence-corrected chi connectivity index (χ4v) is 2.47. The summed E-state index contributed by atoms with van der Waals surface area (Å²) in [7, 11) is 0. The monoisotopic (exact) mass is 227 g/mol. The van der Waals surface area contributed by atoms with Gasteiger partial charge in [0.05, 0.1) is 11.6 Å². The van der Waals surface area contributed by atoms with Gasteiger partial charge in [0.25, 0.3) is 0 Å². The van der Waals surface area contributed by atoms with Gasteiger partial charge in [-0.2, -0.15) is 0 Å². The molecule has 15 heavy (non-hydrogen) atoms. The van der Waals surface area contributed by atoms with Crippen LogP contribution in [0.2, 0.25) is 0 Å². The first-order valence-corrected chi connectivity index (χ1v) is 6.23. The molecule has 0 aromatic carbocycles. The summed E-state index contributed by atoms with van der Waals surface area (Å²) in [6.45, 7) is 6.47. The molecule has 0 aliphatic carbocycles. The van der Waals surface area contributed by atoms with Crippen molar-refractivity contribution in [1.82, 2.24) is 4.98 Å². The molecule has 0 atom stereocenters. The van der Waals surface area contributed by atoms with Gasteiger partial charge < -0.3 is 4.74 Å². The Morgan fingerprint density at radius 3 is 2.67 bits per heavy atom. The van der Waals surface area contributed by atoms with Gasteiger partial charge in [0.2, 0.25) is 0 Å². The number of nitrogens with zero attached hydrogens (tertiary/aromatic N) is 1. The molecule has 0 radical (unpaired) electrons. The van der Waals surface area contributed by atoms with Crippen LogP contribution in [-0.2, 0) is 4.74 Å². The second-order valence-corrected chi connectivity index (χ2v) is 4.19. The Kier molecular flexibility index (Phi) is 4.75. The lowest BCUT2D eigenvalue weighted by atomic mass is 10.1. The van der Waals surface area contributed by atoms with Crippen molar-refractivity contribution in [3.8, 4) is 0 Å². The highest BCUT2D eigenvalue weighted by molar-refractivity contribution is 7.09. The van der Waals surface area contributed by atoms with E-state index in [0.717, 1.165) is 17.8 Å². The maximum atomic E-state index is 11.4. The van der Waals surface area contributed by atoms with Crippen molar-refractivity contribution < 1.29 is 9.53 Å². The molecule has 0 saturated heterocycles. The molecule has 0 spiro atoms. The molecule has 1 aromatic heterocycles. The third kappa shape index (κ3) is 3.02. The Balaban J connectivity index is 2.75. The minimum Gasteiger partial charge on any atom is -0.461 e. The summed E-state index contributed by atoms with van der Waals surface area (Å²) in [4.78, 5) is 15.7. The molecule has 84 valence electrons. The number of rotatable bonds is 5. The van der Waals surface area contributed by atoms with Gasteiger partial charge in [-0.3, -0.25) is 0 Å². The quantitative estimate of drug-likeness (QED) is 0.725. The van der Waals surface area contributed by atoms with E-state index in [2.05, 4.69) is 18.8 Å². The van der Waals surface area contributed by atoms with Gasteiger partial charge in [-0.1, -0.05) is 13.8 Å². The Morgan fingerprint density at radius 1 is 1.47 bits per heavy atom. The van der Waals surface area contributed by atoms with E-state index in [9.17, 15) is 4.79 Å². The van der Waals surface area contributed by atoms with Crippen molar-refractivity contribution >= 4 is 17.3 Å². The normalized spacial score (nSPS) is 10.7. The van der Waals surface area contributed by atoms with Crippen LogP contribution in [0, 0.1) is 0 Å². The summed E-state index contributed by atoms with van der Waals surface area (Å²) in [6.07, 6.45) is 2.12. The second kappa shape index (κ2) is 5.85. The topological polar surface area (TPSA) is 39.2 Å². The van der Waals surface area contributed by atoms with Gasteiger partial charge >= 0.3 is 5.97 Å². The first-order valence-electron chi connectivity index (χ1n) is 5.35. The van der Waals surface area contributed by atoms with Crippen molar-refractivity contribution in [3.63, 3.8) is 0 Å². The number of carbonyl (C=O) groups is 1. The summed E-state index contributed by atoms with van der Waals surface area (Å²) in [5.74, 6) is 0.157. The molecule has 0 aliphatic rings. The molecule has 0 aliphatic heterocycles. The van der Waals surface area contributed by atoms with Crippen LogP contribution in [0.25, 0.3) is 0 Å². The van der Waals surface area contributed by atoms with Crippen molar-refractivity contribution in [1.29, 1.82) is 0 Å². The number of esters is 1. The van der Waals surface area contributed by atoms with Crippen molar-refractivity contribution in [2.45, 2.75) is 39.5 Å². The smallest absolute Gasteiger partial charge is 0.357 e. The van der Waals surface area contributed by atoms with E-state index < -0.39 is 0 Å². The molecule has 1 heterocycles. The predicted molar refractivity (Wildman–Crippen MR) is 61.4 cm³/mol. The molecule has 0 unspecified atom stereocenters. The lowest BCUT2D eigenvalue weighted by Gasteiger charge is -2.06. The maximum Gasteiger partial charge on any atom is 0.357 e. The Morgan fingerprint density at radius 2 is 2.13 bits per heavy atom. The van der Waals surface area contributed by atoms with Gasteiger partial charge in [0.1, 0.15) is 0 Å². The van der Waals surface area contributed by atoms with E-state index in [1.54, 1.807) is 23.6 Å². The number of hydrogen-bond acceptors (Lipinski definition) is 4. The van der Waals surface area contributed by atoms with E-state index in [0.29, 0.717) is 18.2 Å². The van der Waals surface area contributed by atoms with Gasteiger partial charge in [-0.15, -0.1) is 11.3 Å². The first kappa shape index (κ1) is 12.2. The second-order valence-electron chi connectivity index (χ2n) is 3.30. The molecular formula is C11H17NO2S.